The molecule has 0 aromatic heterocycles. The summed E-state index contributed by atoms with van der Waals surface area (Å²) in [6, 6.07) is 6.84. The Morgan fingerprint density at radius 2 is 2.06 bits per heavy atom. The largest absolute Gasteiger partial charge is 0.373 e. The predicted molar refractivity (Wildman–Crippen MR) is 66.4 cm³/mol. The summed E-state index contributed by atoms with van der Waals surface area (Å²) < 4.78 is 19.6. The van der Waals surface area contributed by atoms with Crippen LogP contribution in [0.5, 0.6) is 0 Å². The van der Waals surface area contributed by atoms with E-state index in [2.05, 4.69) is 4.90 Å². The lowest BCUT2D eigenvalue weighted by Crippen LogP contribution is -2.44. The van der Waals surface area contributed by atoms with Gasteiger partial charge in [0.25, 0.3) is 0 Å². The SMILES string of the molecule is C[C@@H]1CN(Cc2cccc(C#N)c2F)C[C@H](C)O1. The molecule has 4 heteroatoms. The van der Waals surface area contributed by atoms with Crippen molar-refractivity contribution in [1.82, 2.24) is 4.90 Å². The Hall–Kier alpha value is -1.44. The molecule has 1 fully saturated rings. The van der Waals surface area contributed by atoms with E-state index in [1.54, 1.807) is 12.1 Å². The molecule has 0 N–H and O–H groups in total. The highest BCUT2D eigenvalue weighted by Gasteiger charge is 2.23. The van der Waals surface area contributed by atoms with Gasteiger partial charge in [0.15, 0.2) is 0 Å². The Balaban J connectivity index is 2.12. The molecule has 0 radical (unpaired) electrons. The standard InChI is InChI=1S/C14H17FN2O/c1-10-7-17(8-11(2)18-10)9-13-5-3-4-12(6-16)14(13)15/h3-5,10-11H,7-9H2,1-2H3/t10-,11+. The molecular formula is C14H17FN2O. The summed E-state index contributed by atoms with van der Waals surface area (Å²) in [4.78, 5) is 2.17. The molecule has 0 saturated carbocycles. The van der Waals surface area contributed by atoms with E-state index in [0.29, 0.717) is 12.1 Å². The van der Waals surface area contributed by atoms with Gasteiger partial charge in [-0.25, -0.2) is 4.39 Å². The molecule has 1 heterocycles. The molecule has 0 bridgehead atoms. The molecule has 2 rings (SSSR count). The van der Waals surface area contributed by atoms with Gasteiger partial charge in [0.2, 0.25) is 0 Å². The Bertz CT molecular complexity index is 459. The fraction of sp³-hybridized carbons (Fsp3) is 0.500. The lowest BCUT2D eigenvalue weighted by molar-refractivity contribution is -0.0707. The van der Waals surface area contributed by atoms with E-state index in [4.69, 9.17) is 10.00 Å². The summed E-state index contributed by atoms with van der Waals surface area (Å²) in [5.74, 6) is -0.396. The number of benzene rings is 1. The van der Waals surface area contributed by atoms with E-state index < -0.39 is 5.82 Å². The molecule has 1 aromatic rings. The van der Waals surface area contributed by atoms with Crippen molar-refractivity contribution in [2.24, 2.45) is 0 Å². The topological polar surface area (TPSA) is 36.3 Å². The zero-order valence-electron chi connectivity index (χ0n) is 10.7. The first kappa shape index (κ1) is 13.0. The van der Waals surface area contributed by atoms with Crippen LogP contribution in [0.25, 0.3) is 0 Å². The highest BCUT2D eigenvalue weighted by atomic mass is 19.1. The Labute approximate surface area is 107 Å². The van der Waals surface area contributed by atoms with Crippen LogP contribution in [0.15, 0.2) is 18.2 Å². The maximum atomic E-state index is 13.9. The van der Waals surface area contributed by atoms with Gasteiger partial charge in [-0.3, -0.25) is 4.90 Å². The molecule has 0 spiro atoms. The van der Waals surface area contributed by atoms with Crippen LogP contribution in [0.1, 0.15) is 25.0 Å². The van der Waals surface area contributed by atoms with Crippen molar-refractivity contribution in [2.45, 2.75) is 32.6 Å². The average Bonchev–Trinajstić information content (AvgIpc) is 2.30. The van der Waals surface area contributed by atoms with Crippen LogP contribution in [-0.2, 0) is 11.3 Å². The number of hydrogen-bond donors (Lipinski definition) is 0. The van der Waals surface area contributed by atoms with Crippen molar-refractivity contribution in [1.29, 1.82) is 5.26 Å². The number of rotatable bonds is 2. The smallest absolute Gasteiger partial charge is 0.145 e. The van der Waals surface area contributed by atoms with Gasteiger partial charge in [0.05, 0.1) is 17.8 Å². The quantitative estimate of drug-likeness (QED) is 0.805. The zero-order chi connectivity index (χ0) is 13.1. The Morgan fingerprint density at radius 3 is 2.67 bits per heavy atom. The lowest BCUT2D eigenvalue weighted by atomic mass is 10.1. The van der Waals surface area contributed by atoms with E-state index in [-0.39, 0.29) is 17.8 Å². The highest BCUT2D eigenvalue weighted by molar-refractivity contribution is 5.34. The second-order valence-corrected chi connectivity index (χ2v) is 4.84. The number of morpholine rings is 1. The minimum Gasteiger partial charge on any atom is -0.373 e. The van der Waals surface area contributed by atoms with Crippen LogP contribution in [-0.4, -0.2) is 30.2 Å². The maximum Gasteiger partial charge on any atom is 0.145 e. The van der Waals surface area contributed by atoms with Gasteiger partial charge < -0.3 is 4.74 Å². The first-order valence-electron chi connectivity index (χ1n) is 6.15. The molecular weight excluding hydrogens is 231 g/mol. The van der Waals surface area contributed by atoms with Crippen LogP contribution in [0.3, 0.4) is 0 Å². The zero-order valence-corrected chi connectivity index (χ0v) is 10.7. The monoisotopic (exact) mass is 248 g/mol. The number of ether oxygens (including phenoxy) is 1. The number of halogens is 1. The van der Waals surface area contributed by atoms with E-state index in [0.717, 1.165) is 13.1 Å². The Kier molecular flexibility index (Phi) is 3.95. The average molecular weight is 248 g/mol. The predicted octanol–water partition coefficient (Wildman–Crippen LogP) is 2.31. The molecule has 18 heavy (non-hydrogen) atoms. The van der Waals surface area contributed by atoms with Crippen LogP contribution >= 0.6 is 0 Å². The third kappa shape index (κ3) is 2.87. The van der Waals surface area contributed by atoms with Gasteiger partial charge in [-0.2, -0.15) is 5.26 Å². The van der Waals surface area contributed by atoms with Gasteiger partial charge in [-0.15, -0.1) is 0 Å². The van der Waals surface area contributed by atoms with Gasteiger partial charge in [-0.1, -0.05) is 12.1 Å². The van der Waals surface area contributed by atoms with Crippen molar-refractivity contribution in [3.05, 3.63) is 35.1 Å². The second-order valence-electron chi connectivity index (χ2n) is 4.84. The molecule has 3 nitrogen and oxygen atoms in total. The van der Waals surface area contributed by atoms with E-state index in [1.807, 2.05) is 19.9 Å². The van der Waals surface area contributed by atoms with E-state index in [9.17, 15) is 4.39 Å². The summed E-state index contributed by atoms with van der Waals surface area (Å²) in [5.41, 5.74) is 0.692. The molecule has 1 saturated heterocycles. The van der Waals surface area contributed by atoms with Crippen molar-refractivity contribution in [3.8, 4) is 6.07 Å². The summed E-state index contributed by atoms with van der Waals surface area (Å²) in [6.07, 6.45) is 0.326. The normalized spacial score (nSPS) is 24.8. The molecule has 2 atom stereocenters. The second kappa shape index (κ2) is 5.47. The summed E-state index contributed by atoms with van der Waals surface area (Å²) in [5, 5.41) is 8.81. The van der Waals surface area contributed by atoms with Crippen LogP contribution < -0.4 is 0 Å². The molecule has 1 aliphatic heterocycles. The highest BCUT2D eigenvalue weighted by Crippen LogP contribution is 2.18. The fourth-order valence-electron chi connectivity index (χ4n) is 2.44. The van der Waals surface area contributed by atoms with Crippen molar-refractivity contribution in [2.75, 3.05) is 13.1 Å². The lowest BCUT2D eigenvalue weighted by Gasteiger charge is -2.35. The molecule has 0 unspecified atom stereocenters. The minimum absolute atomic E-state index is 0.113. The van der Waals surface area contributed by atoms with Crippen LogP contribution in [0.2, 0.25) is 0 Å². The van der Waals surface area contributed by atoms with E-state index >= 15 is 0 Å². The van der Waals surface area contributed by atoms with Gasteiger partial charge >= 0.3 is 0 Å². The van der Waals surface area contributed by atoms with Crippen molar-refractivity contribution in [3.63, 3.8) is 0 Å². The first-order chi connectivity index (χ1) is 8.60. The van der Waals surface area contributed by atoms with Gasteiger partial charge in [0, 0.05) is 25.2 Å². The number of hydrogen-bond acceptors (Lipinski definition) is 3. The third-order valence-corrected chi connectivity index (χ3v) is 3.09. The molecule has 96 valence electrons. The summed E-state index contributed by atoms with van der Waals surface area (Å²) in [6.45, 7) is 6.15. The van der Waals surface area contributed by atoms with E-state index in [1.165, 1.54) is 6.07 Å². The third-order valence-electron chi connectivity index (χ3n) is 3.09. The van der Waals surface area contributed by atoms with Crippen molar-refractivity contribution >= 4 is 0 Å². The van der Waals surface area contributed by atoms with Crippen LogP contribution in [0.4, 0.5) is 4.39 Å². The number of nitriles is 1. The summed E-state index contributed by atoms with van der Waals surface area (Å²) in [7, 11) is 0. The Morgan fingerprint density at radius 1 is 1.39 bits per heavy atom. The fourth-order valence-corrected chi connectivity index (χ4v) is 2.44. The minimum atomic E-state index is -0.396. The van der Waals surface area contributed by atoms with Crippen LogP contribution in [0, 0.1) is 17.1 Å². The number of nitrogens with zero attached hydrogens (tertiary/aromatic N) is 2. The summed E-state index contributed by atoms with van der Waals surface area (Å²) >= 11 is 0. The molecule has 1 aromatic carbocycles. The van der Waals surface area contributed by atoms with Gasteiger partial charge in [-0.05, 0) is 19.9 Å². The first-order valence-corrected chi connectivity index (χ1v) is 6.15. The van der Waals surface area contributed by atoms with Gasteiger partial charge in [0.1, 0.15) is 11.9 Å². The van der Waals surface area contributed by atoms with Crippen molar-refractivity contribution < 1.29 is 9.13 Å². The molecule has 0 aliphatic carbocycles. The maximum absolute atomic E-state index is 13.9. The molecule has 1 aliphatic rings. The molecule has 0 amide bonds.